The summed E-state index contributed by atoms with van der Waals surface area (Å²) in [6, 6.07) is 9.61. The highest BCUT2D eigenvalue weighted by Gasteiger charge is 2.15. The van der Waals surface area contributed by atoms with Crippen LogP contribution in [0.4, 0.5) is 0 Å². The molecular weight excluding hydrogens is 188 g/mol. The van der Waals surface area contributed by atoms with Gasteiger partial charge in [0.05, 0.1) is 12.5 Å². The van der Waals surface area contributed by atoms with Crippen molar-refractivity contribution in [1.82, 2.24) is 0 Å². The van der Waals surface area contributed by atoms with E-state index in [2.05, 4.69) is 0 Å². The lowest BCUT2D eigenvalue weighted by atomic mass is 10.00. The fourth-order valence-corrected chi connectivity index (χ4v) is 1.68. The van der Waals surface area contributed by atoms with Crippen LogP contribution in [0.25, 0.3) is 0 Å². The Labute approximate surface area is 89.2 Å². The van der Waals surface area contributed by atoms with Crippen LogP contribution >= 0.6 is 0 Å². The van der Waals surface area contributed by atoms with Crippen molar-refractivity contribution >= 4 is 0 Å². The number of hydrogen-bond donors (Lipinski definition) is 1. The number of hydrogen-bond acceptors (Lipinski definition) is 2. The highest BCUT2D eigenvalue weighted by molar-refractivity contribution is 5.32. The van der Waals surface area contributed by atoms with Gasteiger partial charge in [0.25, 0.3) is 0 Å². The Balaban J connectivity index is 2.32. The van der Waals surface area contributed by atoms with E-state index >= 15 is 0 Å². The molecule has 15 heavy (non-hydrogen) atoms. The summed E-state index contributed by atoms with van der Waals surface area (Å²) in [6.45, 7) is 2.05. The molecule has 1 heterocycles. The van der Waals surface area contributed by atoms with Gasteiger partial charge in [-0.15, -0.1) is 0 Å². The van der Waals surface area contributed by atoms with Crippen LogP contribution in [-0.2, 0) is 6.42 Å². The van der Waals surface area contributed by atoms with E-state index in [-0.39, 0.29) is 0 Å². The maximum atomic E-state index is 10.1. The maximum Gasteiger partial charge on any atom is 0.107 e. The summed E-state index contributed by atoms with van der Waals surface area (Å²) in [7, 11) is 0. The summed E-state index contributed by atoms with van der Waals surface area (Å²) < 4.78 is 5.12. The van der Waals surface area contributed by atoms with Crippen LogP contribution in [-0.4, -0.2) is 5.11 Å². The second-order valence-electron chi connectivity index (χ2n) is 3.52. The van der Waals surface area contributed by atoms with Crippen LogP contribution in [0.15, 0.2) is 47.3 Å². The van der Waals surface area contributed by atoms with Gasteiger partial charge in [0, 0.05) is 5.56 Å². The number of aliphatic hydroxyl groups excluding tert-OH is 1. The number of benzene rings is 1. The minimum atomic E-state index is -0.583. The van der Waals surface area contributed by atoms with Crippen molar-refractivity contribution in [3.05, 3.63) is 59.5 Å². The Kier molecular flexibility index (Phi) is 2.88. The molecule has 1 N–H and O–H groups in total. The Morgan fingerprint density at radius 1 is 1.20 bits per heavy atom. The normalized spacial score (nSPS) is 12.7. The van der Waals surface area contributed by atoms with Crippen LogP contribution in [0.5, 0.6) is 0 Å². The molecule has 2 heteroatoms. The summed E-state index contributed by atoms with van der Waals surface area (Å²) >= 11 is 0. The van der Waals surface area contributed by atoms with Gasteiger partial charge in [0.15, 0.2) is 0 Å². The number of rotatable bonds is 3. The SMILES string of the molecule is CCc1cocc1C(O)c1ccccc1. The van der Waals surface area contributed by atoms with Gasteiger partial charge in [0.1, 0.15) is 6.10 Å². The van der Waals surface area contributed by atoms with Crippen molar-refractivity contribution in [2.24, 2.45) is 0 Å². The molecule has 78 valence electrons. The minimum absolute atomic E-state index is 0.583. The zero-order valence-corrected chi connectivity index (χ0v) is 8.68. The topological polar surface area (TPSA) is 33.4 Å². The van der Waals surface area contributed by atoms with Crippen molar-refractivity contribution in [2.75, 3.05) is 0 Å². The van der Waals surface area contributed by atoms with Crippen LogP contribution in [0.1, 0.15) is 29.7 Å². The first-order chi connectivity index (χ1) is 7.33. The molecule has 1 aromatic heterocycles. The lowest BCUT2D eigenvalue weighted by Gasteiger charge is -2.10. The fraction of sp³-hybridized carbons (Fsp3) is 0.231. The van der Waals surface area contributed by atoms with Gasteiger partial charge in [-0.25, -0.2) is 0 Å². The molecule has 0 saturated heterocycles. The molecule has 0 aliphatic heterocycles. The second kappa shape index (κ2) is 4.32. The number of aliphatic hydroxyl groups is 1. The van der Waals surface area contributed by atoms with E-state index in [1.807, 2.05) is 37.3 Å². The van der Waals surface area contributed by atoms with E-state index in [4.69, 9.17) is 4.42 Å². The Morgan fingerprint density at radius 2 is 1.93 bits per heavy atom. The average molecular weight is 202 g/mol. The predicted molar refractivity (Wildman–Crippen MR) is 58.6 cm³/mol. The third kappa shape index (κ3) is 1.95. The second-order valence-corrected chi connectivity index (χ2v) is 3.52. The summed E-state index contributed by atoms with van der Waals surface area (Å²) in [5.74, 6) is 0. The van der Waals surface area contributed by atoms with Crippen LogP contribution < -0.4 is 0 Å². The molecule has 0 spiro atoms. The molecule has 2 aromatic rings. The van der Waals surface area contributed by atoms with Gasteiger partial charge in [0.2, 0.25) is 0 Å². The molecule has 0 aliphatic rings. The van der Waals surface area contributed by atoms with Crippen molar-refractivity contribution in [3.8, 4) is 0 Å². The van der Waals surface area contributed by atoms with Gasteiger partial charge in [-0.05, 0) is 17.5 Å². The van der Waals surface area contributed by atoms with E-state index in [0.29, 0.717) is 0 Å². The highest BCUT2D eigenvalue weighted by Crippen LogP contribution is 2.25. The fourth-order valence-electron chi connectivity index (χ4n) is 1.68. The van der Waals surface area contributed by atoms with E-state index < -0.39 is 6.10 Å². The predicted octanol–water partition coefficient (Wildman–Crippen LogP) is 2.92. The first-order valence-electron chi connectivity index (χ1n) is 5.11. The van der Waals surface area contributed by atoms with Gasteiger partial charge >= 0.3 is 0 Å². The lowest BCUT2D eigenvalue weighted by molar-refractivity contribution is 0.218. The van der Waals surface area contributed by atoms with E-state index in [0.717, 1.165) is 23.1 Å². The lowest BCUT2D eigenvalue weighted by Crippen LogP contribution is -2.00. The van der Waals surface area contributed by atoms with Crippen LogP contribution in [0, 0.1) is 0 Å². The molecular formula is C13H14O2. The molecule has 1 atom stereocenters. The average Bonchev–Trinajstić information content (AvgIpc) is 2.77. The zero-order chi connectivity index (χ0) is 10.7. The van der Waals surface area contributed by atoms with Crippen molar-refractivity contribution in [3.63, 3.8) is 0 Å². The van der Waals surface area contributed by atoms with Gasteiger partial charge in [-0.1, -0.05) is 37.3 Å². The van der Waals surface area contributed by atoms with E-state index in [1.54, 1.807) is 12.5 Å². The third-order valence-corrected chi connectivity index (χ3v) is 2.57. The minimum Gasteiger partial charge on any atom is -0.472 e. The van der Waals surface area contributed by atoms with Gasteiger partial charge < -0.3 is 9.52 Å². The molecule has 0 fully saturated rings. The Hall–Kier alpha value is -1.54. The van der Waals surface area contributed by atoms with E-state index in [1.165, 1.54) is 0 Å². The molecule has 0 amide bonds. The molecule has 0 bridgehead atoms. The molecule has 1 unspecified atom stereocenters. The summed E-state index contributed by atoms with van der Waals surface area (Å²) in [6.07, 6.45) is 3.60. The number of aryl methyl sites for hydroxylation is 1. The largest absolute Gasteiger partial charge is 0.472 e. The monoisotopic (exact) mass is 202 g/mol. The quantitative estimate of drug-likeness (QED) is 0.830. The molecule has 2 rings (SSSR count). The molecule has 0 aliphatic carbocycles. The van der Waals surface area contributed by atoms with Gasteiger partial charge in [-0.3, -0.25) is 0 Å². The molecule has 1 aromatic carbocycles. The third-order valence-electron chi connectivity index (χ3n) is 2.57. The Morgan fingerprint density at radius 3 is 2.60 bits per heavy atom. The Bertz CT molecular complexity index is 417. The molecule has 2 nitrogen and oxygen atoms in total. The van der Waals surface area contributed by atoms with Crippen molar-refractivity contribution < 1.29 is 9.52 Å². The van der Waals surface area contributed by atoms with Crippen molar-refractivity contribution in [1.29, 1.82) is 0 Å². The van der Waals surface area contributed by atoms with E-state index in [9.17, 15) is 5.11 Å². The smallest absolute Gasteiger partial charge is 0.107 e. The highest BCUT2D eigenvalue weighted by atomic mass is 16.3. The molecule has 0 radical (unpaired) electrons. The summed E-state index contributed by atoms with van der Waals surface area (Å²) in [5, 5.41) is 10.1. The first kappa shape index (κ1) is 9.99. The van der Waals surface area contributed by atoms with Crippen LogP contribution in [0.2, 0.25) is 0 Å². The number of furan rings is 1. The summed E-state index contributed by atoms with van der Waals surface area (Å²) in [4.78, 5) is 0. The first-order valence-corrected chi connectivity index (χ1v) is 5.11. The standard InChI is InChI=1S/C13H14O2/c1-2-10-8-15-9-12(10)13(14)11-6-4-3-5-7-11/h3-9,13-14H,2H2,1H3. The summed E-state index contributed by atoms with van der Waals surface area (Å²) in [5.41, 5.74) is 2.82. The van der Waals surface area contributed by atoms with Crippen LogP contribution in [0.3, 0.4) is 0 Å². The zero-order valence-electron chi connectivity index (χ0n) is 8.68. The molecule has 0 saturated carbocycles. The van der Waals surface area contributed by atoms with Crippen molar-refractivity contribution in [2.45, 2.75) is 19.4 Å². The maximum absolute atomic E-state index is 10.1. The van der Waals surface area contributed by atoms with Gasteiger partial charge in [-0.2, -0.15) is 0 Å².